The standard InChI is InChI=1S/C19H14Cl2N6OS/c20-13-6-5-7-14(21)17(13)23-16(28)12-29-19-25-24-18(15-8-1-2-9-22-15)27(19)26-10-3-4-11-26/h1-11H,12H2,(H,23,28). The van der Waals surface area contributed by atoms with E-state index in [1.165, 1.54) is 11.8 Å². The molecular formula is C19H14Cl2N6OS. The highest BCUT2D eigenvalue weighted by atomic mass is 35.5. The SMILES string of the molecule is O=C(CSc1nnc(-c2ccccn2)n1-n1cccc1)Nc1c(Cl)cccc1Cl. The van der Waals surface area contributed by atoms with E-state index < -0.39 is 0 Å². The minimum Gasteiger partial charge on any atom is -0.323 e. The number of nitrogens with zero attached hydrogens (tertiary/aromatic N) is 5. The van der Waals surface area contributed by atoms with E-state index in [9.17, 15) is 4.79 Å². The van der Waals surface area contributed by atoms with E-state index in [1.807, 2.05) is 47.4 Å². The summed E-state index contributed by atoms with van der Waals surface area (Å²) in [6.07, 6.45) is 5.42. The molecule has 10 heteroatoms. The third-order valence-electron chi connectivity index (χ3n) is 3.89. The second-order valence-corrected chi connectivity index (χ2v) is 7.59. The fourth-order valence-corrected chi connectivity index (χ4v) is 3.83. The van der Waals surface area contributed by atoms with Gasteiger partial charge in [0.25, 0.3) is 0 Å². The molecule has 0 saturated heterocycles. The van der Waals surface area contributed by atoms with Crippen LogP contribution in [0.3, 0.4) is 0 Å². The van der Waals surface area contributed by atoms with Crippen molar-refractivity contribution < 1.29 is 4.79 Å². The fraction of sp³-hybridized carbons (Fsp3) is 0.0526. The largest absolute Gasteiger partial charge is 0.323 e. The van der Waals surface area contributed by atoms with Gasteiger partial charge in [0.15, 0.2) is 0 Å². The number of para-hydroxylation sites is 1. The number of aromatic nitrogens is 5. The number of pyridine rings is 1. The van der Waals surface area contributed by atoms with Gasteiger partial charge in [-0.1, -0.05) is 47.1 Å². The van der Waals surface area contributed by atoms with Crippen molar-refractivity contribution in [2.45, 2.75) is 5.16 Å². The summed E-state index contributed by atoms with van der Waals surface area (Å²) in [5.74, 6) is 0.411. The number of hydrogen-bond donors (Lipinski definition) is 1. The molecule has 0 bridgehead atoms. The van der Waals surface area contributed by atoms with Gasteiger partial charge in [-0.3, -0.25) is 14.5 Å². The summed E-state index contributed by atoms with van der Waals surface area (Å²) in [4.78, 5) is 16.8. The van der Waals surface area contributed by atoms with Crippen LogP contribution in [0.1, 0.15) is 0 Å². The van der Waals surface area contributed by atoms with E-state index in [1.54, 1.807) is 29.1 Å². The highest BCUT2D eigenvalue weighted by Gasteiger charge is 2.18. The zero-order chi connectivity index (χ0) is 20.2. The van der Waals surface area contributed by atoms with Gasteiger partial charge < -0.3 is 5.32 Å². The maximum Gasteiger partial charge on any atom is 0.234 e. The Morgan fingerprint density at radius 1 is 1.00 bits per heavy atom. The van der Waals surface area contributed by atoms with Gasteiger partial charge in [-0.25, -0.2) is 4.68 Å². The van der Waals surface area contributed by atoms with Crippen molar-refractivity contribution in [3.05, 3.63) is 77.2 Å². The van der Waals surface area contributed by atoms with Crippen molar-refractivity contribution >= 4 is 46.6 Å². The molecule has 0 radical (unpaired) electrons. The molecule has 0 aliphatic heterocycles. The first-order valence-electron chi connectivity index (χ1n) is 8.50. The Morgan fingerprint density at radius 3 is 2.45 bits per heavy atom. The molecule has 0 saturated carbocycles. The van der Waals surface area contributed by atoms with Crippen LogP contribution in [0.4, 0.5) is 5.69 Å². The lowest BCUT2D eigenvalue weighted by Gasteiger charge is -2.11. The van der Waals surface area contributed by atoms with Gasteiger partial charge in [0.05, 0.1) is 21.5 Å². The van der Waals surface area contributed by atoms with Crippen molar-refractivity contribution in [3.63, 3.8) is 0 Å². The normalized spacial score (nSPS) is 10.8. The minimum absolute atomic E-state index is 0.100. The molecule has 4 rings (SSSR count). The lowest BCUT2D eigenvalue weighted by molar-refractivity contribution is -0.113. The second kappa shape index (κ2) is 8.69. The highest BCUT2D eigenvalue weighted by molar-refractivity contribution is 7.99. The number of carbonyl (C=O) groups excluding carboxylic acids is 1. The molecule has 1 N–H and O–H groups in total. The van der Waals surface area contributed by atoms with Gasteiger partial charge in [0, 0.05) is 18.6 Å². The molecule has 3 aromatic heterocycles. The molecule has 0 aliphatic rings. The maximum absolute atomic E-state index is 12.4. The Kier molecular flexibility index (Phi) is 5.84. The third-order valence-corrected chi connectivity index (χ3v) is 5.43. The number of benzene rings is 1. The summed E-state index contributed by atoms with van der Waals surface area (Å²) < 4.78 is 3.62. The summed E-state index contributed by atoms with van der Waals surface area (Å²) >= 11 is 13.5. The van der Waals surface area contributed by atoms with E-state index in [-0.39, 0.29) is 11.7 Å². The first-order chi connectivity index (χ1) is 14.1. The Hall–Kier alpha value is -2.81. The lowest BCUT2D eigenvalue weighted by atomic mass is 10.3. The first kappa shape index (κ1) is 19.5. The Morgan fingerprint density at radius 2 is 1.76 bits per heavy atom. The van der Waals surface area contributed by atoms with Gasteiger partial charge in [0.2, 0.25) is 16.9 Å². The van der Waals surface area contributed by atoms with Gasteiger partial charge in [0.1, 0.15) is 5.69 Å². The number of rotatable bonds is 6. The molecule has 1 aromatic carbocycles. The molecule has 0 atom stereocenters. The fourth-order valence-electron chi connectivity index (χ4n) is 2.60. The summed E-state index contributed by atoms with van der Waals surface area (Å²) in [6, 6.07) is 14.4. The van der Waals surface area contributed by atoms with Crippen molar-refractivity contribution in [1.82, 2.24) is 24.5 Å². The zero-order valence-electron chi connectivity index (χ0n) is 14.9. The zero-order valence-corrected chi connectivity index (χ0v) is 17.2. The van der Waals surface area contributed by atoms with Crippen LogP contribution in [-0.2, 0) is 4.79 Å². The van der Waals surface area contributed by atoms with Gasteiger partial charge in [-0.05, 0) is 36.4 Å². The van der Waals surface area contributed by atoms with Crippen LogP contribution < -0.4 is 5.32 Å². The molecule has 29 heavy (non-hydrogen) atoms. The number of carbonyl (C=O) groups is 1. The van der Waals surface area contributed by atoms with Crippen LogP contribution in [-0.4, -0.2) is 36.2 Å². The number of nitrogens with one attached hydrogen (secondary N) is 1. The van der Waals surface area contributed by atoms with E-state index in [4.69, 9.17) is 23.2 Å². The summed E-state index contributed by atoms with van der Waals surface area (Å²) in [7, 11) is 0. The van der Waals surface area contributed by atoms with Crippen molar-refractivity contribution in [2.75, 3.05) is 11.1 Å². The quantitative estimate of drug-likeness (QED) is 0.443. The Labute approximate surface area is 180 Å². The molecule has 0 aliphatic carbocycles. The highest BCUT2D eigenvalue weighted by Crippen LogP contribution is 2.30. The number of hydrogen-bond acceptors (Lipinski definition) is 5. The predicted molar refractivity (Wildman–Crippen MR) is 114 cm³/mol. The van der Waals surface area contributed by atoms with Crippen LogP contribution in [0.15, 0.2) is 72.3 Å². The van der Waals surface area contributed by atoms with E-state index in [2.05, 4.69) is 20.5 Å². The van der Waals surface area contributed by atoms with Crippen molar-refractivity contribution in [3.8, 4) is 11.5 Å². The van der Waals surface area contributed by atoms with Crippen molar-refractivity contribution in [2.24, 2.45) is 0 Å². The molecule has 146 valence electrons. The average molecular weight is 445 g/mol. The van der Waals surface area contributed by atoms with Crippen LogP contribution in [0, 0.1) is 0 Å². The van der Waals surface area contributed by atoms with E-state index in [0.29, 0.717) is 32.4 Å². The molecule has 4 aromatic rings. The molecule has 7 nitrogen and oxygen atoms in total. The smallest absolute Gasteiger partial charge is 0.234 e. The topological polar surface area (TPSA) is 77.6 Å². The first-order valence-corrected chi connectivity index (χ1v) is 10.2. The van der Waals surface area contributed by atoms with Crippen LogP contribution in [0.5, 0.6) is 0 Å². The average Bonchev–Trinajstić information content (AvgIpc) is 3.39. The second-order valence-electron chi connectivity index (χ2n) is 5.83. The number of amides is 1. The maximum atomic E-state index is 12.4. The number of halogens is 2. The number of anilines is 1. The minimum atomic E-state index is -0.258. The van der Waals surface area contributed by atoms with Gasteiger partial charge in [-0.2, -0.15) is 0 Å². The summed E-state index contributed by atoms with van der Waals surface area (Å²) in [6.45, 7) is 0. The third kappa shape index (κ3) is 4.29. The van der Waals surface area contributed by atoms with E-state index in [0.717, 1.165) is 0 Å². The van der Waals surface area contributed by atoms with Crippen LogP contribution in [0.2, 0.25) is 10.0 Å². The van der Waals surface area contributed by atoms with E-state index >= 15 is 0 Å². The molecule has 3 heterocycles. The molecule has 0 fully saturated rings. The number of thioether (sulfide) groups is 1. The predicted octanol–water partition coefficient (Wildman–Crippen LogP) is 4.49. The van der Waals surface area contributed by atoms with Crippen LogP contribution in [0.25, 0.3) is 11.5 Å². The Balaban J connectivity index is 1.56. The lowest BCUT2D eigenvalue weighted by Crippen LogP contribution is -2.16. The molecular weight excluding hydrogens is 431 g/mol. The monoisotopic (exact) mass is 444 g/mol. The Bertz CT molecular complexity index is 1110. The summed E-state index contributed by atoms with van der Waals surface area (Å²) in [5.41, 5.74) is 1.07. The molecule has 0 spiro atoms. The molecule has 0 unspecified atom stereocenters. The molecule has 1 amide bonds. The van der Waals surface area contributed by atoms with Crippen molar-refractivity contribution in [1.29, 1.82) is 0 Å². The summed E-state index contributed by atoms with van der Waals surface area (Å²) in [5, 5.41) is 12.6. The van der Waals surface area contributed by atoms with Gasteiger partial charge >= 0.3 is 0 Å². The van der Waals surface area contributed by atoms with Crippen LogP contribution >= 0.6 is 35.0 Å². The van der Waals surface area contributed by atoms with Gasteiger partial charge in [-0.15, -0.1) is 10.2 Å².